The minimum Gasteiger partial charge on any atom is -0.0654 e. The summed E-state index contributed by atoms with van der Waals surface area (Å²) in [6, 6.07) is 0. The lowest BCUT2D eigenvalue weighted by atomic mass is 9.99. The van der Waals surface area contributed by atoms with Gasteiger partial charge >= 0.3 is 0 Å². The maximum Gasteiger partial charge on any atom is -0.0269 e. The Labute approximate surface area is 58.7 Å². The van der Waals surface area contributed by atoms with Crippen molar-refractivity contribution >= 4 is 0 Å². The molecule has 2 unspecified atom stereocenters. The molecule has 0 saturated heterocycles. The lowest BCUT2D eigenvalue weighted by Crippen LogP contribution is -1.96. The van der Waals surface area contributed by atoms with Crippen molar-refractivity contribution in [2.75, 3.05) is 0 Å². The number of rotatable bonds is 2. The topological polar surface area (TPSA) is 0 Å². The van der Waals surface area contributed by atoms with Crippen LogP contribution in [0.15, 0.2) is 0 Å². The molecule has 0 aliphatic heterocycles. The Hall–Kier alpha value is 0. The zero-order chi connectivity index (χ0) is 7.07. The van der Waals surface area contributed by atoms with Crippen LogP contribution in [-0.4, -0.2) is 0 Å². The molecule has 0 amide bonds. The first-order chi connectivity index (χ1) is 4.13. The van der Waals surface area contributed by atoms with Gasteiger partial charge in [0.2, 0.25) is 0 Å². The van der Waals surface area contributed by atoms with Gasteiger partial charge in [-0.3, -0.25) is 0 Å². The Morgan fingerprint density at radius 3 is 1.78 bits per heavy atom. The van der Waals surface area contributed by atoms with Crippen LogP contribution in [-0.2, 0) is 0 Å². The second kappa shape index (κ2) is 2.00. The van der Waals surface area contributed by atoms with Crippen molar-refractivity contribution in [2.24, 2.45) is 17.3 Å². The third-order valence-electron chi connectivity index (χ3n) is 3.51. The van der Waals surface area contributed by atoms with E-state index < -0.39 is 0 Å². The Kier molecular flexibility index (Phi) is 1.58. The Bertz CT molecular complexity index is 96.6. The second-order valence-electron chi connectivity index (χ2n) is 3.83. The number of hydrogen-bond acceptors (Lipinski definition) is 0. The minimum absolute atomic E-state index is 0.717. The van der Waals surface area contributed by atoms with Gasteiger partial charge in [-0.25, -0.2) is 0 Å². The van der Waals surface area contributed by atoms with Gasteiger partial charge in [0.1, 0.15) is 0 Å². The van der Waals surface area contributed by atoms with Crippen molar-refractivity contribution in [1.29, 1.82) is 0 Å². The summed E-state index contributed by atoms with van der Waals surface area (Å²) < 4.78 is 0. The fourth-order valence-corrected chi connectivity index (χ4v) is 2.06. The van der Waals surface area contributed by atoms with E-state index in [1.807, 2.05) is 0 Å². The van der Waals surface area contributed by atoms with E-state index in [0.717, 1.165) is 17.3 Å². The molecule has 9 heavy (non-hydrogen) atoms. The minimum atomic E-state index is 0.717. The molecule has 0 heterocycles. The average Bonchev–Trinajstić information content (AvgIpc) is 2.22. The Balaban J connectivity index is 2.40. The largest absolute Gasteiger partial charge is 0.0654 e. The quantitative estimate of drug-likeness (QED) is 0.533. The second-order valence-corrected chi connectivity index (χ2v) is 3.83. The summed E-state index contributed by atoms with van der Waals surface area (Å²) in [5, 5.41) is 0. The Morgan fingerprint density at radius 1 is 1.22 bits per heavy atom. The molecule has 0 spiro atoms. The molecule has 0 N–H and O–H groups in total. The zero-order valence-electron chi connectivity index (χ0n) is 7.07. The third kappa shape index (κ3) is 0.889. The summed E-state index contributed by atoms with van der Waals surface area (Å²) in [7, 11) is 0. The van der Waals surface area contributed by atoms with E-state index in [1.54, 1.807) is 0 Å². The summed E-state index contributed by atoms with van der Waals surface area (Å²) >= 11 is 0. The maximum atomic E-state index is 2.42. The van der Waals surface area contributed by atoms with E-state index in [2.05, 4.69) is 27.7 Å². The summed E-state index contributed by atoms with van der Waals surface area (Å²) in [4.78, 5) is 0. The molecule has 1 fully saturated rings. The highest BCUT2D eigenvalue weighted by atomic mass is 14.6. The van der Waals surface area contributed by atoms with Gasteiger partial charge in [-0.15, -0.1) is 0 Å². The normalized spacial score (nSPS) is 49.3. The van der Waals surface area contributed by atoms with Crippen LogP contribution in [0.4, 0.5) is 0 Å². The van der Waals surface area contributed by atoms with Gasteiger partial charge in [-0.1, -0.05) is 34.1 Å². The predicted octanol–water partition coefficient (Wildman–Crippen LogP) is 3.08. The van der Waals surface area contributed by atoms with Crippen LogP contribution in [0.3, 0.4) is 0 Å². The van der Waals surface area contributed by atoms with E-state index in [4.69, 9.17) is 0 Å². The van der Waals surface area contributed by atoms with Gasteiger partial charge < -0.3 is 0 Å². The van der Waals surface area contributed by atoms with Crippen molar-refractivity contribution < 1.29 is 0 Å². The van der Waals surface area contributed by atoms with Crippen LogP contribution >= 0.6 is 0 Å². The van der Waals surface area contributed by atoms with Gasteiger partial charge in [-0.05, 0) is 23.7 Å². The van der Waals surface area contributed by atoms with Gasteiger partial charge in [0.15, 0.2) is 0 Å². The lowest BCUT2D eigenvalue weighted by molar-refractivity contribution is 0.446. The van der Waals surface area contributed by atoms with Gasteiger partial charge in [0.25, 0.3) is 0 Å². The van der Waals surface area contributed by atoms with Crippen LogP contribution in [0.25, 0.3) is 0 Å². The van der Waals surface area contributed by atoms with Crippen molar-refractivity contribution in [1.82, 2.24) is 0 Å². The van der Waals surface area contributed by atoms with Crippen LogP contribution in [0.5, 0.6) is 0 Å². The summed E-state index contributed by atoms with van der Waals surface area (Å²) in [6.07, 6.45) is 2.78. The van der Waals surface area contributed by atoms with Crippen LogP contribution in [0.2, 0.25) is 0 Å². The van der Waals surface area contributed by atoms with E-state index in [-0.39, 0.29) is 0 Å². The highest BCUT2D eigenvalue weighted by Gasteiger charge is 2.53. The molecule has 2 atom stereocenters. The molecule has 0 nitrogen and oxygen atoms in total. The Morgan fingerprint density at radius 2 is 1.67 bits per heavy atom. The predicted molar refractivity (Wildman–Crippen MR) is 41.3 cm³/mol. The van der Waals surface area contributed by atoms with E-state index in [9.17, 15) is 0 Å². The van der Waals surface area contributed by atoms with E-state index in [1.165, 1.54) is 12.8 Å². The van der Waals surface area contributed by atoms with Gasteiger partial charge in [0.05, 0.1) is 0 Å². The monoisotopic (exact) mass is 126 g/mol. The molecule has 0 aromatic rings. The fourth-order valence-electron chi connectivity index (χ4n) is 2.06. The molecule has 0 bridgehead atoms. The van der Waals surface area contributed by atoms with Gasteiger partial charge in [0, 0.05) is 0 Å². The molecule has 0 heteroatoms. The van der Waals surface area contributed by atoms with Gasteiger partial charge in [-0.2, -0.15) is 0 Å². The van der Waals surface area contributed by atoms with Crippen molar-refractivity contribution in [3.05, 3.63) is 0 Å². The highest BCUT2D eigenvalue weighted by Crippen LogP contribution is 2.60. The summed E-state index contributed by atoms with van der Waals surface area (Å²) in [6.45, 7) is 9.45. The molecule has 0 aromatic carbocycles. The van der Waals surface area contributed by atoms with E-state index >= 15 is 0 Å². The molecule has 0 radical (unpaired) electrons. The highest BCUT2D eigenvalue weighted by molar-refractivity contribution is 5.02. The molecular weight excluding hydrogens is 108 g/mol. The van der Waals surface area contributed by atoms with Crippen LogP contribution in [0, 0.1) is 17.3 Å². The first kappa shape index (κ1) is 7.11. The molecule has 54 valence electrons. The van der Waals surface area contributed by atoms with Crippen molar-refractivity contribution in [3.63, 3.8) is 0 Å². The molecule has 1 aliphatic carbocycles. The lowest BCUT2D eigenvalue weighted by Gasteiger charge is -2.06. The molecule has 1 saturated carbocycles. The van der Waals surface area contributed by atoms with Crippen molar-refractivity contribution in [2.45, 2.75) is 40.5 Å². The first-order valence-electron chi connectivity index (χ1n) is 4.13. The zero-order valence-corrected chi connectivity index (χ0v) is 7.07. The standard InChI is InChI=1S/C9H18/c1-5-6-9(4)7(2)8(9)3/h7-8H,5-6H2,1-4H3. The fraction of sp³-hybridized carbons (Fsp3) is 1.00. The van der Waals surface area contributed by atoms with Crippen molar-refractivity contribution in [3.8, 4) is 0 Å². The van der Waals surface area contributed by atoms with E-state index in [0.29, 0.717) is 0 Å². The SMILES string of the molecule is CCCC1(C)C(C)C1C. The summed E-state index contributed by atoms with van der Waals surface area (Å²) in [5.41, 5.74) is 0.717. The smallest absolute Gasteiger partial charge is 0.0269 e. The molecule has 1 aliphatic rings. The third-order valence-corrected chi connectivity index (χ3v) is 3.51. The maximum absolute atomic E-state index is 2.42. The van der Waals surface area contributed by atoms with Crippen LogP contribution < -0.4 is 0 Å². The average molecular weight is 126 g/mol. The summed E-state index contributed by atoms with van der Waals surface area (Å²) in [5.74, 6) is 1.97. The first-order valence-corrected chi connectivity index (χ1v) is 4.13. The molecule has 0 aromatic heterocycles. The molecular formula is C9H18. The van der Waals surface area contributed by atoms with Crippen LogP contribution in [0.1, 0.15) is 40.5 Å². The number of hydrogen-bond donors (Lipinski definition) is 0. The molecule has 1 rings (SSSR count).